The van der Waals surface area contributed by atoms with Crippen molar-refractivity contribution >= 4 is 5.91 Å². The zero-order valence-electron chi connectivity index (χ0n) is 13.6. The highest BCUT2D eigenvalue weighted by molar-refractivity contribution is 5.95. The summed E-state index contributed by atoms with van der Waals surface area (Å²) in [6.45, 7) is 7.78. The van der Waals surface area contributed by atoms with Crippen LogP contribution in [0.25, 0.3) is 0 Å². The van der Waals surface area contributed by atoms with Gasteiger partial charge in [-0.25, -0.2) is 0 Å². The highest BCUT2D eigenvalue weighted by Gasteiger charge is 2.19. The summed E-state index contributed by atoms with van der Waals surface area (Å²) in [6, 6.07) is 1.78. The molecule has 0 aromatic carbocycles. The second-order valence-electron chi connectivity index (χ2n) is 5.83. The third kappa shape index (κ3) is 4.85. The number of nitrogens with zero attached hydrogens (tertiary/aromatic N) is 2. The van der Waals surface area contributed by atoms with Gasteiger partial charge in [0.05, 0.1) is 6.54 Å². The van der Waals surface area contributed by atoms with E-state index >= 15 is 0 Å². The molecule has 1 N–H and O–H groups in total. The van der Waals surface area contributed by atoms with Gasteiger partial charge in [0.15, 0.2) is 0 Å². The van der Waals surface area contributed by atoms with Gasteiger partial charge in [-0.3, -0.25) is 14.7 Å². The van der Waals surface area contributed by atoms with Crippen LogP contribution in [-0.4, -0.2) is 42.0 Å². The molecule has 4 nitrogen and oxygen atoms in total. The molecule has 0 atom stereocenters. The van der Waals surface area contributed by atoms with Crippen molar-refractivity contribution < 1.29 is 4.79 Å². The Morgan fingerprint density at radius 3 is 2.86 bits per heavy atom. The summed E-state index contributed by atoms with van der Waals surface area (Å²) in [6.07, 6.45) is 6.58. The van der Waals surface area contributed by atoms with Gasteiger partial charge in [-0.05, 0) is 50.4 Å². The Hall–Kier alpha value is -1.86. The first-order valence-electron chi connectivity index (χ1n) is 8.07. The number of likely N-dealkylation sites (tertiary alicyclic amines) is 1. The lowest BCUT2D eigenvalue weighted by Gasteiger charge is -2.30. The van der Waals surface area contributed by atoms with Crippen LogP contribution in [0.3, 0.4) is 0 Å². The van der Waals surface area contributed by atoms with Crippen molar-refractivity contribution in [1.82, 2.24) is 15.2 Å². The van der Waals surface area contributed by atoms with Crippen LogP contribution < -0.4 is 5.32 Å². The zero-order chi connectivity index (χ0) is 15.8. The predicted octanol–water partition coefficient (Wildman–Crippen LogP) is 2.25. The lowest BCUT2D eigenvalue weighted by Crippen LogP contribution is -2.38. The fraction of sp³-hybridized carbons (Fsp3) is 0.556. The molecule has 1 aliphatic heterocycles. The minimum Gasteiger partial charge on any atom is -0.352 e. The molecule has 1 aromatic heterocycles. The van der Waals surface area contributed by atoms with Gasteiger partial charge in [-0.2, -0.15) is 0 Å². The Morgan fingerprint density at radius 2 is 2.18 bits per heavy atom. The average Bonchev–Trinajstić information content (AvgIpc) is 2.54. The number of amides is 1. The molecule has 1 aromatic rings. The number of hydrogen-bond donors (Lipinski definition) is 1. The van der Waals surface area contributed by atoms with Crippen LogP contribution in [0.2, 0.25) is 0 Å². The van der Waals surface area contributed by atoms with Gasteiger partial charge < -0.3 is 5.32 Å². The van der Waals surface area contributed by atoms with Crippen LogP contribution >= 0.6 is 0 Å². The zero-order valence-corrected chi connectivity index (χ0v) is 13.6. The minimum atomic E-state index is 0.0103. The summed E-state index contributed by atoms with van der Waals surface area (Å²) in [5, 5.41) is 3.06. The van der Waals surface area contributed by atoms with Crippen molar-refractivity contribution in [2.75, 3.05) is 26.2 Å². The molecule has 0 unspecified atom stereocenters. The third-order valence-corrected chi connectivity index (χ3v) is 4.13. The van der Waals surface area contributed by atoms with Gasteiger partial charge >= 0.3 is 0 Å². The third-order valence-electron chi connectivity index (χ3n) is 4.13. The highest BCUT2D eigenvalue weighted by atomic mass is 16.1. The molecule has 2 rings (SSSR count). The Kier molecular flexibility index (Phi) is 6.42. The lowest BCUT2D eigenvalue weighted by molar-refractivity contribution is 0.0937. The average molecular weight is 299 g/mol. The molecule has 1 aliphatic rings. The number of carbonyl (C=O) groups excluding carboxylic acids is 1. The Morgan fingerprint density at radius 1 is 1.41 bits per heavy atom. The number of hydrogen-bond acceptors (Lipinski definition) is 3. The monoisotopic (exact) mass is 299 g/mol. The van der Waals surface area contributed by atoms with E-state index in [0.717, 1.165) is 56.6 Å². The number of carbonyl (C=O) groups is 1. The van der Waals surface area contributed by atoms with Crippen molar-refractivity contribution in [2.24, 2.45) is 5.92 Å². The van der Waals surface area contributed by atoms with E-state index in [4.69, 9.17) is 0 Å². The van der Waals surface area contributed by atoms with E-state index < -0.39 is 0 Å². The van der Waals surface area contributed by atoms with E-state index in [1.807, 2.05) is 6.92 Å². The molecule has 2 heterocycles. The van der Waals surface area contributed by atoms with Crippen molar-refractivity contribution in [2.45, 2.75) is 33.1 Å². The van der Waals surface area contributed by atoms with Crippen molar-refractivity contribution in [3.63, 3.8) is 0 Å². The number of pyridine rings is 1. The first-order chi connectivity index (χ1) is 10.7. The van der Waals surface area contributed by atoms with Gasteiger partial charge in [-0.15, -0.1) is 5.92 Å². The maximum atomic E-state index is 12.2. The summed E-state index contributed by atoms with van der Waals surface area (Å²) < 4.78 is 0. The summed E-state index contributed by atoms with van der Waals surface area (Å²) in [4.78, 5) is 18.6. The van der Waals surface area contributed by atoms with Gasteiger partial charge in [0.25, 0.3) is 5.91 Å². The molecule has 22 heavy (non-hydrogen) atoms. The Balaban J connectivity index is 1.73. The highest BCUT2D eigenvalue weighted by Crippen LogP contribution is 2.16. The summed E-state index contributed by atoms with van der Waals surface area (Å²) >= 11 is 0. The van der Waals surface area contributed by atoms with Crippen LogP contribution in [0.4, 0.5) is 0 Å². The predicted molar refractivity (Wildman–Crippen MR) is 88.5 cm³/mol. The lowest BCUT2D eigenvalue weighted by atomic mass is 9.96. The molecule has 1 fully saturated rings. The molecular weight excluding hydrogens is 274 g/mol. The van der Waals surface area contributed by atoms with Crippen molar-refractivity contribution in [3.8, 4) is 11.8 Å². The van der Waals surface area contributed by atoms with Crippen LogP contribution in [0.1, 0.15) is 42.1 Å². The maximum absolute atomic E-state index is 12.2. The molecule has 1 amide bonds. The fourth-order valence-corrected chi connectivity index (χ4v) is 2.70. The van der Waals surface area contributed by atoms with Crippen molar-refractivity contribution in [3.05, 3.63) is 29.6 Å². The van der Waals surface area contributed by atoms with E-state index in [2.05, 4.69) is 34.0 Å². The van der Waals surface area contributed by atoms with E-state index in [1.54, 1.807) is 18.5 Å². The van der Waals surface area contributed by atoms with E-state index in [1.165, 1.54) is 0 Å². The first kappa shape index (κ1) is 16.5. The largest absolute Gasteiger partial charge is 0.352 e. The molecule has 0 radical (unpaired) electrons. The maximum Gasteiger partial charge on any atom is 0.251 e. The first-order valence-corrected chi connectivity index (χ1v) is 8.07. The van der Waals surface area contributed by atoms with E-state index in [0.29, 0.717) is 5.92 Å². The summed E-state index contributed by atoms with van der Waals surface area (Å²) in [5.74, 6) is 6.90. The Bertz CT molecular complexity index is 551. The molecule has 118 valence electrons. The molecule has 0 bridgehead atoms. The van der Waals surface area contributed by atoms with E-state index in [-0.39, 0.29) is 5.91 Å². The van der Waals surface area contributed by atoms with Crippen LogP contribution in [0.5, 0.6) is 0 Å². The Labute approximate surface area is 133 Å². The van der Waals surface area contributed by atoms with Crippen LogP contribution in [0.15, 0.2) is 18.5 Å². The van der Waals surface area contributed by atoms with Gasteiger partial charge in [0.2, 0.25) is 0 Å². The number of aromatic nitrogens is 1. The van der Waals surface area contributed by atoms with Gasteiger partial charge in [0, 0.05) is 30.9 Å². The van der Waals surface area contributed by atoms with Crippen molar-refractivity contribution in [1.29, 1.82) is 0 Å². The van der Waals surface area contributed by atoms with Gasteiger partial charge in [0.1, 0.15) is 0 Å². The number of aryl methyl sites for hydroxylation is 1. The summed E-state index contributed by atoms with van der Waals surface area (Å²) in [7, 11) is 0. The second-order valence-corrected chi connectivity index (χ2v) is 5.83. The number of piperidine rings is 1. The molecular formula is C18H25N3O. The van der Waals surface area contributed by atoms with Crippen LogP contribution in [0, 0.1) is 24.7 Å². The quantitative estimate of drug-likeness (QED) is 0.867. The van der Waals surface area contributed by atoms with Crippen LogP contribution in [-0.2, 0) is 0 Å². The number of nitrogens with one attached hydrogen (secondary N) is 1. The molecule has 0 aliphatic carbocycles. The molecule has 0 saturated carbocycles. The minimum absolute atomic E-state index is 0.0103. The van der Waals surface area contributed by atoms with E-state index in [9.17, 15) is 4.79 Å². The standard InChI is InChI=1S/C18H25N3O/c1-3-4-5-10-21-11-7-16(8-12-21)14-20-18(22)17-6-9-19-13-15(17)2/h6,9,13,16H,3,7-8,10-12,14H2,1-2H3,(H,20,22). The normalized spacial score (nSPS) is 15.9. The summed E-state index contributed by atoms with van der Waals surface area (Å²) in [5.41, 5.74) is 1.64. The fourth-order valence-electron chi connectivity index (χ4n) is 2.70. The second kappa shape index (κ2) is 8.55. The van der Waals surface area contributed by atoms with Gasteiger partial charge in [-0.1, -0.05) is 12.8 Å². The molecule has 4 heteroatoms. The topological polar surface area (TPSA) is 45.2 Å². The number of rotatable bonds is 4. The smallest absolute Gasteiger partial charge is 0.251 e. The SMILES string of the molecule is CCC#CCN1CCC(CNC(=O)c2ccncc2C)CC1. The molecule has 0 spiro atoms. The molecule has 1 saturated heterocycles.